The summed E-state index contributed by atoms with van der Waals surface area (Å²) in [5.41, 5.74) is 4.16. The van der Waals surface area contributed by atoms with Crippen molar-refractivity contribution in [1.82, 2.24) is 4.90 Å². The van der Waals surface area contributed by atoms with Gasteiger partial charge in [-0.2, -0.15) is 11.3 Å². The Balaban J connectivity index is 2.14. The molecule has 0 bridgehead atoms. The van der Waals surface area contributed by atoms with Gasteiger partial charge in [-0.05, 0) is 47.6 Å². The highest BCUT2D eigenvalue weighted by Crippen LogP contribution is 2.24. The lowest BCUT2D eigenvalue weighted by atomic mass is 10.1. The molecule has 2 rings (SSSR count). The van der Waals surface area contributed by atoms with E-state index in [-0.39, 0.29) is 0 Å². The topological polar surface area (TPSA) is 24.8 Å². The summed E-state index contributed by atoms with van der Waals surface area (Å²) in [6.07, 6.45) is 0. The average Bonchev–Trinajstić information content (AvgIpc) is 3.00. The highest BCUT2D eigenvalue weighted by Gasteiger charge is 2.04. The molecule has 2 aromatic rings. The largest absolute Gasteiger partial charge is 0.483 e. The molecular weight excluding hydrogens is 280 g/mol. The van der Waals surface area contributed by atoms with Crippen LogP contribution in [0.1, 0.15) is 5.56 Å². The summed E-state index contributed by atoms with van der Waals surface area (Å²) in [6, 6.07) is 10.4. The molecule has 0 spiro atoms. The molecule has 3 nitrogen and oxygen atoms in total. The molecule has 1 heterocycles. The van der Waals surface area contributed by atoms with Crippen LogP contribution in [-0.2, 0) is 4.74 Å². The van der Waals surface area contributed by atoms with Crippen molar-refractivity contribution in [3.05, 3.63) is 53.2 Å². The third-order valence-corrected chi connectivity index (χ3v) is 3.70. The zero-order valence-electron chi connectivity index (χ0n) is 12.7. The van der Waals surface area contributed by atoms with Crippen LogP contribution in [0.15, 0.2) is 52.7 Å². The van der Waals surface area contributed by atoms with Gasteiger partial charge in [0.2, 0.25) is 5.90 Å². The molecule has 1 aromatic carbocycles. The molecule has 0 amide bonds. The summed E-state index contributed by atoms with van der Waals surface area (Å²) in [6.45, 7) is 4.68. The van der Waals surface area contributed by atoms with Gasteiger partial charge in [-0.15, -0.1) is 0 Å². The van der Waals surface area contributed by atoms with E-state index in [1.807, 2.05) is 31.1 Å². The summed E-state index contributed by atoms with van der Waals surface area (Å²) in [7, 11) is 5.59. The van der Waals surface area contributed by atoms with Gasteiger partial charge in [-0.1, -0.05) is 30.8 Å². The molecule has 0 aliphatic heterocycles. The third kappa shape index (κ3) is 4.28. The molecule has 0 aliphatic carbocycles. The van der Waals surface area contributed by atoms with Crippen LogP contribution in [0.3, 0.4) is 0 Å². The minimum absolute atomic E-state index is 0.655. The summed E-state index contributed by atoms with van der Waals surface area (Å²) in [5, 5.41) is 4.22. The van der Waals surface area contributed by atoms with Gasteiger partial charge >= 0.3 is 0 Å². The Morgan fingerprint density at radius 1 is 1.19 bits per heavy atom. The first kappa shape index (κ1) is 15.5. The summed E-state index contributed by atoms with van der Waals surface area (Å²) >= 11 is 1.70. The Morgan fingerprint density at radius 3 is 2.43 bits per heavy atom. The van der Waals surface area contributed by atoms with Gasteiger partial charge in [0.15, 0.2) is 0 Å². The molecule has 0 unspecified atom stereocenters. The fourth-order valence-electron chi connectivity index (χ4n) is 1.91. The zero-order valence-corrected chi connectivity index (χ0v) is 13.5. The molecule has 0 saturated carbocycles. The molecule has 1 aromatic heterocycles. The lowest BCUT2D eigenvalue weighted by Crippen LogP contribution is -2.22. The molecule has 0 atom stereocenters. The van der Waals surface area contributed by atoms with Crippen LogP contribution >= 0.6 is 11.3 Å². The van der Waals surface area contributed by atoms with Gasteiger partial charge in [-0.3, -0.25) is 0 Å². The molecule has 0 fully saturated rings. The highest BCUT2D eigenvalue weighted by atomic mass is 32.1. The Hall–Kier alpha value is -1.91. The third-order valence-electron chi connectivity index (χ3n) is 3.02. The minimum atomic E-state index is 0.655. The Kier molecular flexibility index (Phi) is 5.31. The number of likely N-dealkylation sites (N-methyl/N-ethyl adjacent to an activating group) is 1. The molecule has 21 heavy (non-hydrogen) atoms. The van der Waals surface area contributed by atoms with E-state index in [9.17, 15) is 0 Å². The normalized spacial score (nSPS) is 11.7. The smallest absolute Gasteiger partial charge is 0.202 e. The predicted octanol–water partition coefficient (Wildman–Crippen LogP) is 3.99. The van der Waals surface area contributed by atoms with E-state index >= 15 is 0 Å². The molecular formula is C17H20N2OS. The van der Waals surface area contributed by atoms with E-state index < -0.39 is 0 Å². The van der Waals surface area contributed by atoms with Crippen molar-refractivity contribution >= 4 is 22.9 Å². The fraction of sp³-hybridized carbons (Fsp3) is 0.235. The number of rotatable bonds is 5. The second-order valence-corrected chi connectivity index (χ2v) is 5.76. The summed E-state index contributed by atoms with van der Waals surface area (Å²) in [5.74, 6) is 0.659. The van der Waals surface area contributed by atoms with Gasteiger partial charge in [0, 0.05) is 0 Å². The van der Waals surface area contributed by atoms with E-state index in [0.29, 0.717) is 18.1 Å². The first-order valence-electron chi connectivity index (χ1n) is 6.68. The maximum absolute atomic E-state index is 5.28. The molecule has 110 valence electrons. The maximum Gasteiger partial charge on any atom is 0.202 e. The Bertz CT molecular complexity index is 613. The Labute approximate surface area is 130 Å². The van der Waals surface area contributed by atoms with Gasteiger partial charge in [-0.25, -0.2) is 4.99 Å². The van der Waals surface area contributed by atoms with Crippen LogP contribution in [0.2, 0.25) is 0 Å². The van der Waals surface area contributed by atoms with E-state index in [0.717, 1.165) is 5.56 Å². The number of benzene rings is 1. The molecule has 0 radical (unpaired) electrons. The fourth-order valence-corrected chi connectivity index (χ4v) is 2.58. The standard InChI is InChI=1S/C17H20N2OS/c1-13(18-17(20-4)11-19(2)3)14-5-7-15(8-6-14)16-9-10-21-12-16/h5-10,12H,1,11H2,2-4H3. The van der Waals surface area contributed by atoms with Crippen LogP contribution < -0.4 is 0 Å². The van der Waals surface area contributed by atoms with Crippen molar-refractivity contribution in [2.45, 2.75) is 0 Å². The number of ether oxygens (including phenoxy) is 1. The molecule has 0 N–H and O–H groups in total. The Morgan fingerprint density at radius 2 is 1.90 bits per heavy atom. The van der Waals surface area contributed by atoms with Crippen LogP contribution in [0.4, 0.5) is 0 Å². The predicted molar refractivity (Wildman–Crippen MR) is 91.8 cm³/mol. The second-order valence-electron chi connectivity index (χ2n) is 4.98. The van der Waals surface area contributed by atoms with Gasteiger partial charge in [0.25, 0.3) is 0 Å². The quantitative estimate of drug-likeness (QED) is 0.616. The lowest BCUT2D eigenvalue weighted by Gasteiger charge is -2.12. The van der Waals surface area contributed by atoms with Crippen LogP contribution in [0.5, 0.6) is 0 Å². The van der Waals surface area contributed by atoms with Crippen LogP contribution in [0.25, 0.3) is 16.8 Å². The van der Waals surface area contributed by atoms with Gasteiger partial charge in [0.05, 0.1) is 19.4 Å². The second kappa shape index (κ2) is 7.20. The zero-order chi connectivity index (χ0) is 15.2. The molecule has 0 aliphatic rings. The van der Waals surface area contributed by atoms with Crippen LogP contribution in [-0.4, -0.2) is 38.5 Å². The van der Waals surface area contributed by atoms with Gasteiger partial charge < -0.3 is 9.64 Å². The van der Waals surface area contributed by atoms with Crippen molar-refractivity contribution in [2.75, 3.05) is 27.7 Å². The number of methoxy groups -OCH3 is 1. The average molecular weight is 300 g/mol. The van der Waals surface area contributed by atoms with Crippen molar-refractivity contribution in [3.8, 4) is 11.1 Å². The minimum Gasteiger partial charge on any atom is -0.483 e. The van der Waals surface area contributed by atoms with Crippen molar-refractivity contribution in [1.29, 1.82) is 0 Å². The van der Waals surface area contributed by atoms with E-state index in [4.69, 9.17) is 4.74 Å². The maximum atomic E-state index is 5.28. The van der Waals surface area contributed by atoms with Crippen molar-refractivity contribution in [3.63, 3.8) is 0 Å². The van der Waals surface area contributed by atoms with Crippen LogP contribution in [0, 0.1) is 0 Å². The van der Waals surface area contributed by atoms with E-state index in [1.165, 1.54) is 11.1 Å². The first-order valence-corrected chi connectivity index (χ1v) is 7.62. The summed E-state index contributed by atoms with van der Waals surface area (Å²) < 4.78 is 5.28. The van der Waals surface area contributed by atoms with Crippen molar-refractivity contribution in [2.24, 2.45) is 4.99 Å². The highest BCUT2D eigenvalue weighted by molar-refractivity contribution is 7.08. The molecule has 4 heteroatoms. The van der Waals surface area contributed by atoms with Crippen molar-refractivity contribution < 1.29 is 4.74 Å². The number of hydrogen-bond acceptors (Lipinski definition) is 4. The van der Waals surface area contributed by atoms with Gasteiger partial charge in [0.1, 0.15) is 0 Å². The first-order chi connectivity index (χ1) is 10.1. The SMILES string of the molecule is C=C(N=C(CN(C)C)OC)c1ccc(-c2ccsc2)cc1. The number of hydrogen-bond donors (Lipinski definition) is 0. The van der Waals surface area contributed by atoms with E-state index in [2.05, 4.69) is 40.5 Å². The number of aliphatic imine (C=N–C) groups is 1. The molecule has 0 saturated heterocycles. The summed E-state index contributed by atoms with van der Waals surface area (Å²) in [4.78, 5) is 6.47. The lowest BCUT2D eigenvalue weighted by molar-refractivity contribution is 0.356. The number of thiophene rings is 1. The monoisotopic (exact) mass is 300 g/mol. The van der Waals surface area contributed by atoms with E-state index in [1.54, 1.807) is 18.4 Å². The number of nitrogens with zero attached hydrogens (tertiary/aromatic N) is 2.